The van der Waals surface area contributed by atoms with Crippen LogP contribution in [-0.4, -0.2) is 74.0 Å². The van der Waals surface area contributed by atoms with E-state index in [1.165, 1.54) is 15.6 Å². The van der Waals surface area contributed by atoms with Crippen molar-refractivity contribution in [2.45, 2.75) is 62.5 Å². The van der Waals surface area contributed by atoms with E-state index in [-0.39, 0.29) is 29.6 Å². The summed E-state index contributed by atoms with van der Waals surface area (Å²) in [5.41, 5.74) is -0.162. The molecule has 1 aromatic heterocycles. The van der Waals surface area contributed by atoms with E-state index in [0.717, 1.165) is 13.1 Å². The predicted octanol–water partition coefficient (Wildman–Crippen LogP) is 2.15. The molecular weight excluding hydrogens is 410 g/mol. The van der Waals surface area contributed by atoms with Crippen molar-refractivity contribution in [3.8, 4) is 0 Å². The summed E-state index contributed by atoms with van der Waals surface area (Å²) in [5.74, 6) is -0.108. The largest absolute Gasteiger partial charge is 0.373 e. The van der Waals surface area contributed by atoms with Gasteiger partial charge >= 0.3 is 0 Å². The Morgan fingerprint density at radius 3 is 2.41 bits per heavy atom. The van der Waals surface area contributed by atoms with Crippen molar-refractivity contribution in [2.75, 3.05) is 32.7 Å². The number of nitrogens with one attached hydrogen (secondary N) is 1. The number of nitrogens with zero attached hydrogens (tertiary/aromatic N) is 2. The number of hydrogen-bond donors (Lipinski definition) is 1. The minimum absolute atomic E-state index is 0.0283. The monoisotopic (exact) mass is 443 g/mol. The van der Waals surface area contributed by atoms with Crippen LogP contribution < -0.4 is 5.32 Å². The maximum atomic E-state index is 12.7. The molecule has 1 aromatic rings. The smallest absolute Gasteiger partial charge is 0.252 e. The SMILES string of the molecule is CC1CN(C(C)(C)CNC(=O)C2CCN(S(=O)(=O)c3cccs3)CC2)CC(C)O1. The first kappa shape index (κ1) is 22.7. The highest BCUT2D eigenvalue weighted by molar-refractivity contribution is 7.91. The number of amides is 1. The van der Waals surface area contributed by atoms with Gasteiger partial charge in [0.25, 0.3) is 10.0 Å². The molecule has 2 unspecified atom stereocenters. The second-order valence-corrected chi connectivity index (χ2v) is 11.9. The van der Waals surface area contributed by atoms with Crippen LogP contribution in [0.3, 0.4) is 0 Å². The summed E-state index contributed by atoms with van der Waals surface area (Å²) in [6.07, 6.45) is 1.48. The molecule has 9 heteroatoms. The zero-order valence-electron chi connectivity index (χ0n) is 17.8. The maximum absolute atomic E-state index is 12.7. The first-order valence-corrected chi connectivity index (χ1v) is 12.6. The number of piperidine rings is 1. The Morgan fingerprint density at radius 1 is 1.24 bits per heavy atom. The van der Waals surface area contributed by atoms with Gasteiger partial charge in [0.2, 0.25) is 5.91 Å². The third kappa shape index (κ3) is 5.38. The molecule has 1 N–H and O–H groups in total. The van der Waals surface area contributed by atoms with Gasteiger partial charge in [-0.25, -0.2) is 8.42 Å². The summed E-state index contributed by atoms with van der Waals surface area (Å²) in [6, 6.07) is 3.38. The molecule has 0 aromatic carbocycles. The molecule has 2 saturated heterocycles. The van der Waals surface area contributed by atoms with E-state index < -0.39 is 10.0 Å². The number of carbonyl (C=O) groups is 1. The molecule has 7 nitrogen and oxygen atoms in total. The molecular formula is C20H33N3O4S2. The Bertz CT molecular complexity index is 777. The Hall–Kier alpha value is -1.00. The number of thiophene rings is 1. The molecule has 0 spiro atoms. The molecule has 2 aliphatic heterocycles. The van der Waals surface area contributed by atoms with Gasteiger partial charge in [0.1, 0.15) is 4.21 Å². The molecule has 164 valence electrons. The number of hydrogen-bond acceptors (Lipinski definition) is 6. The summed E-state index contributed by atoms with van der Waals surface area (Å²) in [5, 5.41) is 4.88. The van der Waals surface area contributed by atoms with Crippen LogP contribution in [-0.2, 0) is 19.6 Å². The van der Waals surface area contributed by atoms with Gasteiger partial charge in [0, 0.05) is 44.2 Å². The molecule has 3 heterocycles. The van der Waals surface area contributed by atoms with Crippen LogP contribution in [0.25, 0.3) is 0 Å². The van der Waals surface area contributed by atoms with Crippen molar-refractivity contribution in [2.24, 2.45) is 5.92 Å². The van der Waals surface area contributed by atoms with Crippen LogP contribution in [0.15, 0.2) is 21.7 Å². The molecule has 2 aliphatic rings. The maximum Gasteiger partial charge on any atom is 0.252 e. The molecule has 0 aliphatic carbocycles. The van der Waals surface area contributed by atoms with Crippen LogP contribution >= 0.6 is 11.3 Å². The van der Waals surface area contributed by atoms with Gasteiger partial charge in [-0.2, -0.15) is 4.31 Å². The molecule has 1 amide bonds. The van der Waals surface area contributed by atoms with E-state index >= 15 is 0 Å². The van der Waals surface area contributed by atoms with Crippen molar-refractivity contribution in [1.82, 2.24) is 14.5 Å². The van der Waals surface area contributed by atoms with Crippen LogP contribution in [0.2, 0.25) is 0 Å². The Kier molecular flexibility index (Phi) is 7.05. The van der Waals surface area contributed by atoms with E-state index in [9.17, 15) is 13.2 Å². The van der Waals surface area contributed by atoms with Gasteiger partial charge in [0.15, 0.2) is 0 Å². The van der Waals surface area contributed by atoms with Crippen molar-refractivity contribution in [3.63, 3.8) is 0 Å². The van der Waals surface area contributed by atoms with E-state index in [2.05, 4.69) is 37.9 Å². The molecule has 2 atom stereocenters. The summed E-state index contributed by atoms with van der Waals surface area (Å²) >= 11 is 1.23. The van der Waals surface area contributed by atoms with Crippen LogP contribution in [0.1, 0.15) is 40.5 Å². The fourth-order valence-electron chi connectivity index (χ4n) is 4.13. The van der Waals surface area contributed by atoms with Gasteiger partial charge in [-0.1, -0.05) is 6.07 Å². The molecule has 0 bridgehead atoms. The van der Waals surface area contributed by atoms with Gasteiger partial charge in [-0.3, -0.25) is 9.69 Å². The first-order chi connectivity index (χ1) is 13.6. The van der Waals surface area contributed by atoms with Crippen molar-refractivity contribution < 1.29 is 17.9 Å². The average molecular weight is 444 g/mol. The fraction of sp³-hybridized carbons (Fsp3) is 0.750. The van der Waals surface area contributed by atoms with Crippen LogP contribution in [0, 0.1) is 5.92 Å². The molecule has 0 saturated carbocycles. The lowest BCUT2D eigenvalue weighted by atomic mass is 9.95. The molecule has 3 rings (SSSR count). The Morgan fingerprint density at radius 2 is 1.86 bits per heavy atom. The first-order valence-electron chi connectivity index (χ1n) is 10.3. The lowest BCUT2D eigenvalue weighted by Gasteiger charge is -2.45. The van der Waals surface area contributed by atoms with Crippen LogP contribution in [0.5, 0.6) is 0 Å². The third-order valence-corrected chi connectivity index (χ3v) is 9.16. The number of carbonyl (C=O) groups excluding carboxylic acids is 1. The topological polar surface area (TPSA) is 79.0 Å². The lowest BCUT2D eigenvalue weighted by molar-refractivity contribution is -0.127. The van der Waals surface area contributed by atoms with Crippen molar-refractivity contribution >= 4 is 27.3 Å². The van der Waals surface area contributed by atoms with Crippen molar-refractivity contribution in [3.05, 3.63) is 17.5 Å². The highest BCUT2D eigenvalue weighted by Gasteiger charge is 2.35. The fourth-order valence-corrected chi connectivity index (χ4v) is 6.74. The second kappa shape index (κ2) is 9.01. The van der Waals surface area contributed by atoms with E-state index in [4.69, 9.17) is 4.74 Å². The molecule has 2 fully saturated rings. The van der Waals surface area contributed by atoms with E-state index in [0.29, 0.717) is 36.7 Å². The minimum Gasteiger partial charge on any atom is -0.373 e. The Labute approximate surface area is 178 Å². The van der Waals surface area contributed by atoms with Gasteiger partial charge in [0.05, 0.1) is 12.2 Å². The highest BCUT2D eigenvalue weighted by Crippen LogP contribution is 2.27. The number of rotatable bonds is 6. The van der Waals surface area contributed by atoms with E-state index in [1.54, 1.807) is 17.5 Å². The average Bonchev–Trinajstić information content (AvgIpc) is 3.21. The van der Waals surface area contributed by atoms with Gasteiger partial charge in [-0.05, 0) is 52.0 Å². The predicted molar refractivity (Wildman–Crippen MR) is 114 cm³/mol. The number of sulfonamides is 1. The summed E-state index contributed by atoms with van der Waals surface area (Å²) in [7, 11) is -3.43. The summed E-state index contributed by atoms with van der Waals surface area (Å²) < 4.78 is 32.9. The number of morpholine rings is 1. The normalized spacial score (nSPS) is 25.8. The quantitative estimate of drug-likeness (QED) is 0.729. The van der Waals surface area contributed by atoms with Crippen LogP contribution in [0.4, 0.5) is 0 Å². The molecule has 0 radical (unpaired) electrons. The zero-order chi connectivity index (χ0) is 21.2. The summed E-state index contributed by atoms with van der Waals surface area (Å²) in [4.78, 5) is 15.1. The van der Waals surface area contributed by atoms with Gasteiger partial charge in [-0.15, -0.1) is 11.3 Å². The summed E-state index contributed by atoms with van der Waals surface area (Å²) in [6.45, 7) is 11.5. The molecule has 29 heavy (non-hydrogen) atoms. The standard InChI is InChI=1S/C20H33N3O4S2/c1-15-12-22(13-16(2)27-15)20(3,4)14-21-19(24)17-7-9-23(10-8-17)29(25,26)18-6-5-11-28-18/h5-6,11,15-17H,7-10,12-14H2,1-4H3,(H,21,24). The number of ether oxygens (including phenoxy) is 1. The second-order valence-electron chi connectivity index (χ2n) is 8.80. The van der Waals surface area contributed by atoms with Gasteiger partial charge < -0.3 is 10.1 Å². The zero-order valence-corrected chi connectivity index (χ0v) is 19.4. The van der Waals surface area contributed by atoms with Crippen molar-refractivity contribution in [1.29, 1.82) is 0 Å². The Balaban J connectivity index is 1.50. The lowest BCUT2D eigenvalue weighted by Crippen LogP contribution is -2.59. The van der Waals surface area contributed by atoms with E-state index in [1.807, 2.05) is 0 Å². The third-order valence-electron chi connectivity index (χ3n) is 5.88. The highest BCUT2D eigenvalue weighted by atomic mass is 32.2. The minimum atomic E-state index is -3.43.